The molecular formula is C17H31IN4S. The first-order valence-corrected chi connectivity index (χ1v) is 9.42. The minimum absolute atomic E-state index is 0. The highest BCUT2D eigenvalue weighted by Gasteiger charge is 2.13. The number of guanidine groups is 1. The van der Waals surface area contributed by atoms with Crippen LogP contribution in [0.3, 0.4) is 0 Å². The summed E-state index contributed by atoms with van der Waals surface area (Å²) in [6.45, 7) is 10.8. The second kappa shape index (κ2) is 12.1. The summed E-state index contributed by atoms with van der Waals surface area (Å²) in [5, 5.41) is 8.93. The molecule has 0 amide bonds. The summed E-state index contributed by atoms with van der Waals surface area (Å²) < 4.78 is 0. The Morgan fingerprint density at radius 1 is 1.30 bits per heavy atom. The number of piperidine rings is 1. The first-order valence-electron chi connectivity index (χ1n) is 8.55. The summed E-state index contributed by atoms with van der Waals surface area (Å²) in [5.41, 5.74) is 0. The van der Waals surface area contributed by atoms with Gasteiger partial charge in [0, 0.05) is 24.5 Å². The van der Waals surface area contributed by atoms with E-state index in [1.807, 2.05) is 0 Å². The number of thiophene rings is 1. The molecule has 6 heteroatoms. The Kier molecular flexibility index (Phi) is 10.9. The first-order chi connectivity index (χ1) is 10.8. The van der Waals surface area contributed by atoms with E-state index >= 15 is 0 Å². The Morgan fingerprint density at radius 3 is 2.74 bits per heavy atom. The van der Waals surface area contributed by atoms with Crippen molar-refractivity contribution in [2.45, 2.75) is 39.7 Å². The van der Waals surface area contributed by atoms with Crippen LogP contribution in [0.5, 0.6) is 0 Å². The number of nitrogens with zero attached hydrogens (tertiary/aromatic N) is 2. The zero-order valence-corrected chi connectivity index (χ0v) is 17.5. The zero-order chi connectivity index (χ0) is 15.6. The van der Waals surface area contributed by atoms with Gasteiger partial charge in [-0.05, 0) is 50.2 Å². The van der Waals surface area contributed by atoms with Crippen LogP contribution in [0.4, 0.5) is 0 Å². The average Bonchev–Trinajstić information content (AvgIpc) is 3.04. The fourth-order valence-corrected chi connectivity index (χ4v) is 3.45. The van der Waals surface area contributed by atoms with E-state index in [1.165, 1.54) is 43.8 Å². The van der Waals surface area contributed by atoms with Crippen LogP contribution in [0.1, 0.15) is 38.0 Å². The molecule has 0 bridgehead atoms. The Labute approximate surface area is 162 Å². The second-order valence-electron chi connectivity index (χ2n) is 6.12. The maximum absolute atomic E-state index is 4.67. The van der Waals surface area contributed by atoms with Crippen LogP contribution in [0.2, 0.25) is 0 Å². The fraction of sp³-hybridized carbons (Fsp3) is 0.706. The molecule has 1 aromatic heterocycles. The Morgan fingerprint density at radius 2 is 2.09 bits per heavy atom. The van der Waals surface area contributed by atoms with E-state index in [9.17, 15) is 0 Å². The van der Waals surface area contributed by atoms with Gasteiger partial charge >= 0.3 is 0 Å². The van der Waals surface area contributed by atoms with Crippen LogP contribution < -0.4 is 10.6 Å². The van der Waals surface area contributed by atoms with Gasteiger partial charge in [-0.1, -0.05) is 19.4 Å². The molecule has 0 radical (unpaired) electrons. The third-order valence-corrected chi connectivity index (χ3v) is 4.82. The van der Waals surface area contributed by atoms with E-state index < -0.39 is 0 Å². The quantitative estimate of drug-likeness (QED) is 0.379. The van der Waals surface area contributed by atoms with Crippen LogP contribution in [-0.4, -0.2) is 43.6 Å². The van der Waals surface area contributed by atoms with Gasteiger partial charge in [-0.2, -0.15) is 0 Å². The molecule has 1 aliphatic heterocycles. The van der Waals surface area contributed by atoms with Gasteiger partial charge in [0.2, 0.25) is 0 Å². The predicted molar refractivity (Wildman–Crippen MR) is 112 cm³/mol. The van der Waals surface area contributed by atoms with Gasteiger partial charge in [-0.25, -0.2) is 4.99 Å². The molecule has 1 aromatic rings. The molecule has 0 aromatic carbocycles. The second-order valence-corrected chi connectivity index (χ2v) is 7.15. The molecule has 1 saturated heterocycles. The molecule has 2 rings (SSSR count). The zero-order valence-electron chi connectivity index (χ0n) is 14.4. The van der Waals surface area contributed by atoms with Gasteiger partial charge in [-0.15, -0.1) is 35.3 Å². The van der Waals surface area contributed by atoms with Gasteiger partial charge in [0.05, 0.1) is 6.54 Å². The monoisotopic (exact) mass is 450 g/mol. The molecule has 1 aliphatic rings. The lowest BCUT2D eigenvalue weighted by molar-refractivity contribution is 0.201. The van der Waals surface area contributed by atoms with Gasteiger partial charge in [-0.3, -0.25) is 0 Å². The summed E-state index contributed by atoms with van der Waals surface area (Å²) >= 11 is 1.76. The molecule has 2 N–H and O–H groups in total. The van der Waals surface area contributed by atoms with Gasteiger partial charge in [0.25, 0.3) is 0 Å². The molecule has 0 spiro atoms. The highest BCUT2D eigenvalue weighted by Crippen LogP contribution is 2.11. The normalized spacial score (nSPS) is 17.4. The van der Waals surface area contributed by atoms with E-state index in [1.54, 1.807) is 11.3 Å². The van der Waals surface area contributed by atoms with Crippen LogP contribution in [-0.2, 0) is 6.54 Å². The van der Waals surface area contributed by atoms with Gasteiger partial charge in [0.15, 0.2) is 5.96 Å². The molecule has 0 saturated carbocycles. The Bertz CT molecular complexity index is 430. The number of aliphatic imine (C=N–C) groups is 1. The average molecular weight is 450 g/mol. The molecule has 2 heterocycles. The van der Waals surface area contributed by atoms with Crippen molar-refractivity contribution in [1.82, 2.24) is 15.5 Å². The summed E-state index contributed by atoms with van der Waals surface area (Å²) in [4.78, 5) is 8.57. The van der Waals surface area contributed by atoms with E-state index in [0.29, 0.717) is 5.92 Å². The van der Waals surface area contributed by atoms with Crippen molar-refractivity contribution in [3.8, 4) is 0 Å². The van der Waals surface area contributed by atoms with Crippen molar-refractivity contribution >= 4 is 41.3 Å². The summed E-state index contributed by atoms with van der Waals surface area (Å²) in [6, 6.07) is 4.22. The van der Waals surface area contributed by atoms with E-state index in [4.69, 9.17) is 0 Å². The highest BCUT2D eigenvalue weighted by atomic mass is 127. The van der Waals surface area contributed by atoms with Crippen molar-refractivity contribution in [2.75, 3.05) is 32.7 Å². The SMILES string of the molecule is CCNC(=NCc1cccs1)NCC(C)CN1CCCCC1.I. The Balaban J connectivity index is 0.00000264. The maximum atomic E-state index is 4.67. The molecule has 23 heavy (non-hydrogen) atoms. The topological polar surface area (TPSA) is 39.7 Å². The molecule has 1 fully saturated rings. The Hall–Kier alpha value is -0.340. The summed E-state index contributed by atoms with van der Waals surface area (Å²) in [5.74, 6) is 1.57. The van der Waals surface area contributed by atoms with E-state index in [0.717, 1.165) is 25.6 Å². The van der Waals surface area contributed by atoms with Gasteiger partial charge < -0.3 is 15.5 Å². The molecule has 132 valence electrons. The van der Waals surface area contributed by atoms with Crippen molar-refractivity contribution in [2.24, 2.45) is 10.9 Å². The number of halogens is 1. The van der Waals surface area contributed by atoms with Crippen molar-refractivity contribution in [3.63, 3.8) is 0 Å². The minimum Gasteiger partial charge on any atom is -0.357 e. The standard InChI is InChI=1S/C17H30N4S.HI/c1-3-18-17(20-13-16-8-7-11-22-16)19-12-15(2)14-21-9-5-4-6-10-21;/h7-8,11,15H,3-6,9-10,12-14H2,1-2H3,(H2,18,19,20);1H. The number of rotatable bonds is 7. The number of likely N-dealkylation sites (tertiary alicyclic amines) is 1. The fourth-order valence-electron chi connectivity index (χ4n) is 2.82. The largest absolute Gasteiger partial charge is 0.357 e. The third-order valence-electron chi connectivity index (χ3n) is 3.95. The van der Waals surface area contributed by atoms with Gasteiger partial charge in [0.1, 0.15) is 0 Å². The minimum atomic E-state index is 0. The van der Waals surface area contributed by atoms with Crippen molar-refractivity contribution in [1.29, 1.82) is 0 Å². The summed E-state index contributed by atoms with van der Waals surface area (Å²) in [7, 11) is 0. The van der Waals surface area contributed by atoms with Crippen LogP contribution in [0.15, 0.2) is 22.5 Å². The molecule has 4 nitrogen and oxygen atoms in total. The summed E-state index contributed by atoms with van der Waals surface area (Å²) in [6.07, 6.45) is 4.14. The first kappa shape index (κ1) is 20.7. The molecule has 0 aliphatic carbocycles. The number of hydrogen-bond donors (Lipinski definition) is 2. The lowest BCUT2D eigenvalue weighted by Gasteiger charge is -2.29. The molecule has 1 unspecified atom stereocenters. The lowest BCUT2D eigenvalue weighted by atomic mass is 10.1. The van der Waals surface area contributed by atoms with E-state index in [-0.39, 0.29) is 24.0 Å². The third kappa shape index (κ3) is 8.35. The van der Waals surface area contributed by atoms with E-state index in [2.05, 4.69) is 51.9 Å². The van der Waals surface area contributed by atoms with Crippen LogP contribution in [0.25, 0.3) is 0 Å². The number of nitrogens with one attached hydrogen (secondary N) is 2. The smallest absolute Gasteiger partial charge is 0.191 e. The van der Waals surface area contributed by atoms with Crippen LogP contribution >= 0.6 is 35.3 Å². The van der Waals surface area contributed by atoms with Crippen molar-refractivity contribution in [3.05, 3.63) is 22.4 Å². The molecule has 1 atom stereocenters. The highest BCUT2D eigenvalue weighted by molar-refractivity contribution is 14.0. The van der Waals surface area contributed by atoms with Crippen LogP contribution in [0, 0.1) is 5.92 Å². The van der Waals surface area contributed by atoms with Crippen molar-refractivity contribution < 1.29 is 0 Å². The maximum Gasteiger partial charge on any atom is 0.191 e. The number of hydrogen-bond acceptors (Lipinski definition) is 3. The molecular weight excluding hydrogens is 419 g/mol. The predicted octanol–water partition coefficient (Wildman–Crippen LogP) is 3.54. The lowest BCUT2D eigenvalue weighted by Crippen LogP contribution is -2.42.